The second-order valence-corrected chi connectivity index (χ2v) is 6.26. The minimum atomic E-state index is 0.436. The second-order valence-electron chi connectivity index (χ2n) is 4.92. The van der Waals surface area contributed by atoms with Gasteiger partial charge in [0, 0.05) is 11.1 Å². The molecule has 4 aromatic rings. The number of halogens is 1. The van der Waals surface area contributed by atoms with Crippen LogP contribution in [-0.4, -0.2) is 15.2 Å². The molecule has 2 aromatic carbocycles. The van der Waals surface area contributed by atoms with Crippen LogP contribution in [0.4, 0.5) is 10.8 Å². The molecule has 0 saturated heterocycles. The van der Waals surface area contributed by atoms with E-state index in [9.17, 15) is 0 Å². The van der Waals surface area contributed by atoms with E-state index >= 15 is 0 Å². The highest BCUT2D eigenvalue weighted by Crippen LogP contribution is 2.33. The van der Waals surface area contributed by atoms with Crippen molar-refractivity contribution in [3.63, 3.8) is 0 Å². The molecule has 4 nitrogen and oxygen atoms in total. The molecular formula is C17H11ClN4S. The summed E-state index contributed by atoms with van der Waals surface area (Å²) in [4.78, 5) is 4.43. The molecule has 1 N–H and O–H groups in total. The summed E-state index contributed by atoms with van der Waals surface area (Å²) in [7, 11) is 0. The van der Waals surface area contributed by atoms with E-state index in [0.717, 1.165) is 32.3 Å². The van der Waals surface area contributed by atoms with Crippen LogP contribution >= 0.6 is 22.9 Å². The van der Waals surface area contributed by atoms with Crippen molar-refractivity contribution < 1.29 is 0 Å². The minimum Gasteiger partial charge on any atom is -0.330 e. The fourth-order valence-electron chi connectivity index (χ4n) is 2.27. The average molecular weight is 339 g/mol. The largest absolute Gasteiger partial charge is 0.330 e. The monoisotopic (exact) mass is 338 g/mol. The number of hydrogen-bond acceptors (Lipinski definition) is 5. The highest BCUT2D eigenvalue weighted by Gasteiger charge is 2.12. The lowest BCUT2D eigenvalue weighted by Gasteiger charge is -2.02. The van der Waals surface area contributed by atoms with Crippen molar-refractivity contribution in [1.82, 2.24) is 15.2 Å². The fraction of sp³-hybridized carbons (Fsp3) is 0. The predicted molar refractivity (Wildman–Crippen MR) is 95.4 cm³/mol. The van der Waals surface area contributed by atoms with Crippen molar-refractivity contribution in [2.45, 2.75) is 0 Å². The van der Waals surface area contributed by atoms with Gasteiger partial charge in [0.15, 0.2) is 5.01 Å². The Morgan fingerprint density at radius 3 is 2.57 bits per heavy atom. The molecule has 0 saturated carbocycles. The number of para-hydroxylation sites is 2. The number of nitrogens with one attached hydrogen (secondary N) is 1. The maximum absolute atomic E-state index is 6.31. The normalized spacial score (nSPS) is 10.8. The zero-order chi connectivity index (χ0) is 15.6. The van der Waals surface area contributed by atoms with Gasteiger partial charge in [-0.3, -0.25) is 0 Å². The molecule has 4 rings (SSSR count). The molecule has 23 heavy (non-hydrogen) atoms. The zero-order valence-corrected chi connectivity index (χ0v) is 13.5. The molecule has 0 aliphatic rings. The molecule has 2 heterocycles. The van der Waals surface area contributed by atoms with Crippen LogP contribution < -0.4 is 5.32 Å². The van der Waals surface area contributed by atoms with Crippen LogP contribution in [0.1, 0.15) is 0 Å². The first-order valence-electron chi connectivity index (χ1n) is 7.01. The molecule has 0 spiro atoms. The van der Waals surface area contributed by atoms with E-state index in [0.29, 0.717) is 5.15 Å². The van der Waals surface area contributed by atoms with Crippen LogP contribution in [0.25, 0.3) is 21.5 Å². The maximum atomic E-state index is 6.31. The standard InChI is InChI=1S/C17H11ClN4S/c18-15-13(10-11-6-4-5-9-14(11)20-15)16-21-22-17(23-16)19-12-7-2-1-3-8-12/h1-10H,(H,19,22). The summed E-state index contributed by atoms with van der Waals surface area (Å²) in [5.74, 6) is 0. The molecular weight excluding hydrogens is 328 g/mol. The smallest absolute Gasteiger partial charge is 0.210 e. The Balaban J connectivity index is 1.70. The Bertz CT molecular complexity index is 969. The Morgan fingerprint density at radius 1 is 0.913 bits per heavy atom. The van der Waals surface area contributed by atoms with E-state index in [4.69, 9.17) is 11.6 Å². The van der Waals surface area contributed by atoms with Gasteiger partial charge < -0.3 is 5.32 Å². The van der Waals surface area contributed by atoms with Gasteiger partial charge in [0.2, 0.25) is 5.13 Å². The third kappa shape index (κ3) is 2.88. The van der Waals surface area contributed by atoms with E-state index in [1.54, 1.807) is 0 Å². The highest BCUT2D eigenvalue weighted by atomic mass is 35.5. The topological polar surface area (TPSA) is 50.7 Å². The van der Waals surface area contributed by atoms with Gasteiger partial charge in [0.05, 0.1) is 11.1 Å². The molecule has 6 heteroatoms. The third-order valence-electron chi connectivity index (χ3n) is 3.36. The summed E-state index contributed by atoms with van der Waals surface area (Å²) in [5, 5.41) is 14.6. The first kappa shape index (κ1) is 14.1. The summed E-state index contributed by atoms with van der Waals surface area (Å²) in [6.45, 7) is 0. The molecule has 0 amide bonds. The van der Waals surface area contributed by atoms with Crippen molar-refractivity contribution in [3.05, 3.63) is 65.8 Å². The van der Waals surface area contributed by atoms with Gasteiger partial charge in [-0.2, -0.15) is 0 Å². The Morgan fingerprint density at radius 2 is 1.70 bits per heavy atom. The number of benzene rings is 2. The third-order valence-corrected chi connectivity index (χ3v) is 4.52. The van der Waals surface area contributed by atoms with Crippen molar-refractivity contribution in [1.29, 1.82) is 0 Å². The summed E-state index contributed by atoms with van der Waals surface area (Å²) >= 11 is 7.76. The number of pyridine rings is 1. The predicted octanol–water partition coefficient (Wildman–Crippen LogP) is 5.15. The molecule has 0 fully saturated rings. The molecule has 0 bridgehead atoms. The molecule has 0 radical (unpaired) electrons. The number of hydrogen-bond donors (Lipinski definition) is 1. The quantitative estimate of drug-likeness (QED) is 0.525. The maximum Gasteiger partial charge on any atom is 0.210 e. The lowest BCUT2D eigenvalue weighted by atomic mass is 10.2. The fourth-order valence-corrected chi connectivity index (χ4v) is 3.34. The summed E-state index contributed by atoms with van der Waals surface area (Å²) < 4.78 is 0. The van der Waals surface area contributed by atoms with E-state index in [-0.39, 0.29) is 0 Å². The van der Waals surface area contributed by atoms with Gasteiger partial charge in [-0.1, -0.05) is 59.3 Å². The van der Waals surface area contributed by atoms with Crippen LogP contribution in [-0.2, 0) is 0 Å². The Labute approximate surface area is 141 Å². The highest BCUT2D eigenvalue weighted by molar-refractivity contribution is 7.18. The van der Waals surface area contributed by atoms with Crippen LogP contribution in [0.2, 0.25) is 5.15 Å². The van der Waals surface area contributed by atoms with Crippen LogP contribution in [0.3, 0.4) is 0 Å². The molecule has 2 aromatic heterocycles. The number of rotatable bonds is 3. The Kier molecular flexibility index (Phi) is 3.65. The van der Waals surface area contributed by atoms with Gasteiger partial charge >= 0.3 is 0 Å². The summed E-state index contributed by atoms with van der Waals surface area (Å²) in [6.07, 6.45) is 0. The molecule has 0 aliphatic carbocycles. The number of nitrogens with zero attached hydrogens (tertiary/aromatic N) is 3. The van der Waals surface area contributed by atoms with Crippen molar-refractivity contribution in [2.24, 2.45) is 0 Å². The Hall–Kier alpha value is -2.50. The van der Waals surface area contributed by atoms with Crippen molar-refractivity contribution in [3.8, 4) is 10.6 Å². The van der Waals surface area contributed by atoms with Crippen molar-refractivity contribution in [2.75, 3.05) is 5.32 Å². The van der Waals surface area contributed by atoms with Gasteiger partial charge in [-0.05, 0) is 24.3 Å². The number of aromatic nitrogens is 3. The zero-order valence-electron chi connectivity index (χ0n) is 11.9. The van der Waals surface area contributed by atoms with Crippen LogP contribution in [0.15, 0.2) is 60.7 Å². The lowest BCUT2D eigenvalue weighted by Crippen LogP contribution is -1.88. The molecule has 0 aliphatic heterocycles. The SMILES string of the molecule is Clc1nc2ccccc2cc1-c1nnc(Nc2ccccc2)s1. The first-order chi connectivity index (χ1) is 11.3. The van der Waals surface area contributed by atoms with Gasteiger partial charge in [0.25, 0.3) is 0 Å². The summed E-state index contributed by atoms with van der Waals surface area (Å²) in [6, 6.07) is 19.7. The average Bonchev–Trinajstić information content (AvgIpc) is 3.03. The van der Waals surface area contributed by atoms with Crippen LogP contribution in [0, 0.1) is 0 Å². The number of fused-ring (bicyclic) bond motifs is 1. The second kappa shape index (κ2) is 5.95. The van der Waals surface area contributed by atoms with Gasteiger partial charge in [-0.15, -0.1) is 10.2 Å². The van der Waals surface area contributed by atoms with Crippen LogP contribution in [0.5, 0.6) is 0 Å². The summed E-state index contributed by atoms with van der Waals surface area (Å²) in [5.41, 5.74) is 2.63. The minimum absolute atomic E-state index is 0.436. The van der Waals surface area contributed by atoms with E-state index < -0.39 is 0 Å². The van der Waals surface area contributed by atoms with Gasteiger partial charge in [-0.25, -0.2) is 4.98 Å². The first-order valence-corrected chi connectivity index (χ1v) is 8.20. The number of anilines is 2. The molecule has 0 unspecified atom stereocenters. The lowest BCUT2D eigenvalue weighted by molar-refractivity contribution is 1.10. The van der Waals surface area contributed by atoms with Crippen molar-refractivity contribution >= 4 is 44.7 Å². The van der Waals surface area contributed by atoms with Gasteiger partial charge in [0.1, 0.15) is 5.15 Å². The van der Waals surface area contributed by atoms with E-state index in [2.05, 4.69) is 20.5 Å². The molecule has 112 valence electrons. The molecule has 0 atom stereocenters. The van der Waals surface area contributed by atoms with E-state index in [1.807, 2.05) is 60.7 Å². The van der Waals surface area contributed by atoms with E-state index in [1.165, 1.54) is 11.3 Å².